The van der Waals surface area contributed by atoms with Crippen molar-refractivity contribution in [2.75, 3.05) is 73.1 Å². The zero-order chi connectivity index (χ0) is 18.6. The van der Waals surface area contributed by atoms with E-state index in [1.54, 1.807) is 15.7 Å². The maximum absolute atomic E-state index is 12.8. The highest BCUT2D eigenvalue weighted by Gasteiger charge is 2.33. The Bertz CT molecular complexity index is 664. The van der Waals surface area contributed by atoms with Gasteiger partial charge in [-0.05, 0) is 31.2 Å². The van der Waals surface area contributed by atoms with E-state index in [0.29, 0.717) is 26.2 Å². The summed E-state index contributed by atoms with van der Waals surface area (Å²) in [5.74, 6) is 0.872. The summed E-state index contributed by atoms with van der Waals surface area (Å²) < 4.78 is 34.1. The molecule has 0 atom stereocenters. The number of benzene rings is 1. The minimum absolute atomic E-state index is 0.581. The van der Waals surface area contributed by atoms with Crippen LogP contribution in [0.3, 0.4) is 0 Å². The molecule has 0 saturated carbocycles. The van der Waals surface area contributed by atoms with Gasteiger partial charge in [0.05, 0.1) is 7.11 Å². The predicted octanol–water partition coefficient (Wildman–Crippen LogP) is 0.348. The fourth-order valence-electron chi connectivity index (χ4n) is 3.45. The molecule has 2 aliphatic rings. The largest absolute Gasteiger partial charge is 0.497 e. The van der Waals surface area contributed by atoms with Crippen LogP contribution in [0.4, 0.5) is 0 Å². The second-order valence-electron chi connectivity index (χ2n) is 7.05. The molecule has 0 bridgehead atoms. The van der Waals surface area contributed by atoms with Gasteiger partial charge in [0.1, 0.15) is 5.75 Å². The van der Waals surface area contributed by atoms with Crippen LogP contribution in [0.25, 0.3) is 0 Å². The summed E-state index contributed by atoms with van der Waals surface area (Å²) in [6, 6.07) is 8.14. The number of methoxy groups -OCH3 is 1. The van der Waals surface area contributed by atoms with Crippen molar-refractivity contribution in [1.82, 2.24) is 18.4 Å². The molecule has 0 spiro atoms. The van der Waals surface area contributed by atoms with Crippen molar-refractivity contribution in [3.05, 3.63) is 29.8 Å². The van der Waals surface area contributed by atoms with Crippen LogP contribution < -0.4 is 4.74 Å². The molecule has 0 amide bonds. The van der Waals surface area contributed by atoms with Crippen LogP contribution in [0, 0.1) is 0 Å². The molecule has 146 valence electrons. The first-order valence-electron chi connectivity index (χ1n) is 9.28. The topological polar surface area (TPSA) is 56.3 Å². The van der Waals surface area contributed by atoms with Crippen molar-refractivity contribution in [3.8, 4) is 5.75 Å². The highest BCUT2D eigenvalue weighted by Crippen LogP contribution is 2.16. The molecule has 2 saturated heterocycles. The van der Waals surface area contributed by atoms with E-state index in [1.807, 2.05) is 19.2 Å². The normalized spacial score (nSPS) is 21.8. The molecule has 2 fully saturated rings. The van der Waals surface area contributed by atoms with Gasteiger partial charge in [0.2, 0.25) is 0 Å². The molecule has 7 nitrogen and oxygen atoms in total. The van der Waals surface area contributed by atoms with Gasteiger partial charge < -0.3 is 14.5 Å². The monoisotopic (exact) mass is 382 g/mol. The Morgan fingerprint density at radius 3 is 1.96 bits per heavy atom. The lowest BCUT2D eigenvalue weighted by Crippen LogP contribution is -2.56. The molecule has 2 heterocycles. The second kappa shape index (κ2) is 8.67. The van der Waals surface area contributed by atoms with Gasteiger partial charge in [-0.1, -0.05) is 12.1 Å². The van der Waals surface area contributed by atoms with Crippen LogP contribution in [-0.4, -0.2) is 99.9 Å². The first kappa shape index (κ1) is 19.6. The molecule has 0 unspecified atom stereocenters. The number of hydrogen-bond donors (Lipinski definition) is 0. The third-order valence-electron chi connectivity index (χ3n) is 5.32. The van der Waals surface area contributed by atoms with Crippen LogP contribution in [0.5, 0.6) is 5.75 Å². The highest BCUT2D eigenvalue weighted by molar-refractivity contribution is 7.86. The first-order chi connectivity index (χ1) is 12.5. The van der Waals surface area contributed by atoms with Gasteiger partial charge in [-0.15, -0.1) is 0 Å². The first-order valence-corrected chi connectivity index (χ1v) is 10.7. The van der Waals surface area contributed by atoms with Crippen molar-refractivity contribution in [2.24, 2.45) is 0 Å². The standard InChI is InChI=1S/C18H30N4O3S/c1-19-9-13-21(14-10-19)26(23,24)22-15-11-20(12-16-22)8-7-17-3-5-18(25-2)6-4-17/h3-6H,7-16H2,1-2H3. The van der Waals surface area contributed by atoms with Gasteiger partial charge in [-0.3, -0.25) is 0 Å². The molecule has 0 radical (unpaired) electrons. The Hall–Kier alpha value is -1.19. The SMILES string of the molecule is COc1ccc(CCN2CCN(S(=O)(=O)N3CCN(C)CC3)CC2)cc1. The van der Waals surface area contributed by atoms with Crippen LogP contribution in [0.1, 0.15) is 5.56 Å². The maximum atomic E-state index is 12.8. The van der Waals surface area contributed by atoms with E-state index < -0.39 is 10.2 Å². The summed E-state index contributed by atoms with van der Waals surface area (Å²) in [7, 11) is 0.397. The molecule has 0 N–H and O–H groups in total. The quantitative estimate of drug-likeness (QED) is 0.711. The van der Waals surface area contributed by atoms with E-state index in [9.17, 15) is 8.42 Å². The third-order valence-corrected chi connectivity index (χ3v) is 7.36. The van der Waals surface area contributed by atoms with Crippen molar-refractivity contribution in [3.63, 3.8) is 0 Å². The third kappa shape index (κ3) is 4.75. The molecule has 26 heavy (non-hydrogen) atoms. The van der Waals surface area contributed by atoms with Gasteiger partial charge in [-0.25, -0.2) is 0 Å². The highest BCUT2D eigenvalue weighted by atomic mass is 32.2. The van der Waals surface area contributed by atoms with E-state index in [0.717, 1.165) is 44.9 Å². The van der Waals surface area contributed by atoms with Crippen LogP contribution in [0.2, 0.25) is 0 Å². The molecule has 2 aliphatic heterocycles. The van der Waals surface area contributed by atoms with Gasteiger partial charge in [0.15, 0.2) is 0 Å². The molecular weight excluding hydrogens is 352 g/mol. The van der Waals surface area contributed by atoms with Crippen LogP contribution in [0.15, 0.2) is 24.3 Å². The van der Waals surface area contributed by atoms with E-state index in [1.165, 1.54) is 5.56 Å². The minimum Gasteiger partial charge on any atom is -0.497 e. The van der Waals surface area contributed by atoms with E-state index in [2.05, 4.69) is 21.9 Å². The Balaban J connectivity index is 1.46. The number of hydrogen-bond acceptors (Lipinski definition) is 5. The molecule has 3 rings (SSSR count). The van der Waals surface area contributed by atoms with E-state index in [4.69, 9.17) is 4.74 Å². The summed E-state index contributed by atoms with van der Waals surface area (Å²) in [4.78, 5) is 4.52. The average Bonchev–Trinajstić information content (AvgIpc) is 2.67. The number of likely N-dealkylation sites (N-methyl/N-ethyl adjacent to an activating group) is 1. The Morgan fingerprint density at radius 1 is 0.885 bits per heavy atom. The van der Waals surface area contributed by atoms with Crippen molar-refractivity contribution < 1.29 is 13.2 Å². The fraction of sp³-hybridized carbons (Fsp3) is 0.667. The molecule has 1 aromatic carbocycles. The van der Waals surface area contributed by atoms with Crippen molar-refractivity contribution in [1.29, 1.82) is 0 Å². The molecular formula is C18H30N4O3S. The minimum atomic E-state index is -3.31. The summed E-state index contributed by atoms with van der Waals surface area (Å²) in [6.45, 7) is 6.50. The fourth-order valence-corrected chi connectivity index (χ4v) is 5.02. The Kier molecular flexibility index (Phi) is 6.52. The summed E-state index contributed by atoms with van der Waals surface area (Å²) in [5, 5.41) is 0. The van der Waals surface area contributed by atoms with Crippen molar-refractivity contribution in [2.45, 2.75) is 6.42 Å². The number of piperazine rings is 2. The average molecular weight is 383 g/mol. The van der Waals surface area contributed by atoms with Gasteiger partial charge in [0.25, 0.3) is 10.2 Å². The summed E-state index contributed by atoms with van der Waals surface area (Å²) >= 11 is 0. The Morgan fingerprint density at radius 2 is 1.42 bits per heavy atom. The molecule has 1 aromatic rings. The predicted molar refractivity (Wildman–Crippen MR) is 103 cm³/mol. The summed E-state index contributed by atoms with van der Waals surface area (Å²) in [6.07, 6.45) is 0.967. The van der Waals surface area contributed by atoms with E-state index >= 15 is 0 Å². The van der Waals surface area contributed by atoms with Gasteiger partial charge in [0, 0.05) is 58.9 Å². The second-order valence-corrected chi connectivity index (χ2v) is 8.98. The zero-order valence-corrected chi connectivity index (χ0v) is 16.6. The molecule has 8 heteroatoms. The Labute approximate surface area is 157 Å². The number of rotatable bonds is 6. The molecule has 0 aliphatic carbocycles. The molecule has 0 aromatic heterocycles. The lowest BCUT2D eigenvalue weighted by atomic mass is 10.1. The van der Waals surface area contributed by atoms with E-state index in [-0.39, 0.29) is 0 Å². The number of nitrogens with zero attached hydrogens (tertiary/aromatic N) is 4. The van der Waals surface area contributed by atoms with Crippen LogP contribution >= 0.6 is 0 Å². The smallest absolute Gasteiger partial charge is 0.282 e. The number of ether oxygens (including phenoxy) is 1. The van der Waals surface area contributed by atoms with Gasteiger partial charge >= 0.3 is 0 Å². The lowest BCUT2D eigenvalue weighted by Gasteiger charge is -2.39. The lowest BCUT2D eigenvalue weighted by molar-refractivity contribution is 0.171. The van der Waals surface area contributed by atoms with Gasteiger partial charge in [-0.2, -0.15) is 17.0 Å². The van der Waals surface area contributed by atoms with Crippen molar-refractivity contribution >= 4 is 10.2 Å². The zero-order valence-electron chi connectivity index (χ0n) is 15.8. The summed E-state index contributed by atoms with van der Waals surface area (Å²) in [5.41, 5.74) is 1.28. The van der Waals surface area contributed by atoms with Crippen LogP contribution in [-0.2, 0) is 16.6 Å². The maximum Gasteiger partial charge on any atom is 0.282 e.